The van der Waals surface area contributed by atoms with Crippen LogP contribution in [0.15, 0.2) is 29.8 Å². The number of hydrogen-bond donors (Lipinski definition) is 0. The van der Waals surface area contributed by atoms with Gasteiger partial charge in [-0.25, -0.2) is 0 Å². The number of hydrogen-bond acceptors (Lipinski definition) is 1. The van der Waals surface area contributed by atoms with Crippen LogP contribution in [0.5, 0.6) is 0 Å². The quantitative estimate of drug-likeness (QED) is 0.621. The Kier molecular flexibility index (Phi) is 2.59. The van der Waals surface area contributed by atoms with Gasteiger partial charge >= 0.3 is 0 Å². The zero-order valence-electron chi connectivity index (χ0n) is 13.3. The lowest BCUT2D eigenvalue weighted by Crippen LogP contribution is -2.39. The molecule has 0 saturated heterocycles. The van der Waals surface area contributed by atoms with Crippen LogP contribution in [0.1, 0.15) is 67.9 Å². The SMILES string of the molecule is CC(C)(C)c1ccc2c(c1)CCC1(CC3=CCC1C3)C2=O. The van der Waals surface area contributed by atoms with Gasteiger partial charge in [-0.1, -0.05) is 50.6 Å². The third-order valence-electron chi connectivity index (χ3n) is 6.03. The van der Waals surface area contributed by atoms with Crippen LogP contribution in [-0.2, 0) is 11.8 Å². The van der Waals surface area contributed by atoms with Gasteiger partial charge in [0.1, 0.15) is 0 Å². The van der Waals surface area contributed by atoms with Gasteiger partial charge in [0.15, 0.2) is 5.78 Å². The lowest BCUT2D eigenvalue weighted by atomic mass is 9.63. The van der Waals surface area contributed by atoms with Gasteiger partial charge in [-0.3, -0.25) is 4.79 Å². The zero-order valence-corrected chi connectivity index (χ0v) is 13.3. The molecule has 0 N–H and O–H groups in total. The van der Waals surface area contributed by atoms with Crippen molar-refractivity contribution in [3.05, 3.63) is 46.5 Å². The first-order valence-corrected chi connectivity index (χ1v) is 8.26. The monoisotopic (exact) mass is 280 g/mol. The number of allylic oxidation sites excluding steroid dienone is 2. The summed E-state index contributed by atoms with van der Waals surface area (Å²) in [6, 6.07) is 6.56. The number of fused-ring (bicyclic) bond motifs is 4. The van der Waals surface area contributed by atoms with Gasteiger partial charge in [0.05, 0.1) is 0 Å². The second-order valence-corrected chi connectivity index (χ2v) is 8.28. The van der Waals surface area contributed by atoms with Crippen LogP contribution in [0.2, 0.25) is 0 Å². The number of rotatable bonds is 0. The molecular weight excluding hydrogens is 256 g/mol. The average molecular weight is 280 g/mol. The second-order valence-electron chi connectivity index (χ2n) is 8.28. The van der Waals surface area contributed by atoms with Gasteiger partial charge in [0.2, 0.25) is 0 Å². The fraction of sp³-hybridized carbons (Fsp3) is 0.550. The smallest absolute Gasteiger partial charge is 0.169 e. The highest BCUT2D eigenvalue weighted by Crippen LogP contribution is 2.58. The third kappa shape index (κ3) is 1.79. The normalized spacial score (nSPS) is 30.7. The predicted octanol–water partition coefficient (Wildman–Crippen LogP) is 4.84. The Labute approximate surface area is 127 Å². The van der Waals surface area contributed by atoms with E-state index in [-0.39, 0.29) is 10.8 Å². The number of aryl methyl sites for hydroxylation is 1. The van der Waals surface area contributed by atoms with Gasteiger partial charge in [0.25, 0.3) is 0 Å². The molecular formula is C20H24O. The van der Waals surface area contributed by atoms with Crippen LogP contribution in [0.3, 0.4) is 0 Å². The van der Waals surface area contributed by atoms with E-state index in [1.54, 1.807) is 5.57 Å². The highest BCUT2D eigenvalue weighted by Gasteiger charge is 2.53. The summed E-state index contributed by atoms with van der Waals surface area (Å²) < 4.78 is 0. The van der Waals surface area contributed by atoms with Gasteiger partial charge < -0.3 is 0 Å². The highest BCUT2D eigenvalue weighted by atomic mass is 16.1. The summed E-state index contributed by atoms with van der Waals surface area (Å²) in [6.45, 7) is 6.72. The lowest BCUT2D eigenvalue weighted by molar-refractivity contribution is 0.0670. The summed E-state index contributed by atoms with van der Waals surface area (Å²) in [6.07, 6.45) is 7.87. The predicted molar refractivity (Wildman–Crippen MR) is 85.7 cm³/mol. The van der Waals surface area contributed by atoms with Crippen molar-refractivity contribution in [3.63, 3.8) is 0 Å². The summed E-state index contributed by atoms with van der Waals surface area (Å²) >= 11 is 0. The van der Waals surface area contributed by atoms with Crippen LogP contribution >= 0.6 is 0 Å². The molecule has 1 aromatic carbocycles. The maximum absolute atomic E-state index is 13.2. The first kappa shape index (κ1) is 13.3. The number of carbonyl (C=O) groups is 1. The van der Waals surface area contributed by atoms with Crippen molar-refractivity contribution in [1.82, 2.24) is 0 Å². The minimum atomic E-state index is -0.0413. The molecule has 3 aliphatic rings. The van der Waals surface area contributed by atoms with Crippen molar-refractivity contribution in [1.29, 1.82) is 0 Å². The minimum absolute atomic E-state index is 0.0413. The van der Waals surface area contributed by atoms with Crippen molar-refractivity contribution in [2.24, 2.45) is 11.3 Å². The molecule has 2 bridgehead atoms. The van der Waals surface area contributed by atoms with Crippen molar-refractivity contribution >= 4 is 5.78 Å². The van der Waals surface area contributed by atoms with Gasteiger partial charge in [0, 0.05) is 11.0 Å². The molecule has 3 aliphatic carbocycles. The van der Waals surface area contributed by atoms with Crippen LogP contribution in [0, 0.1) is 11.3 Å². The number of carbonyl (C=O) groups excluding carboxylic acids is 1. The third-order valence-corrected chi connectivity index (χ3v) is 6.03. The van der Waals surface area contributed by atoms with E-state index >= 15 is 0 Å². The Hall–Kier alpha value is -1.37. The van der Waals surface area contributed by atoms with Crippen LogP contribution in [0.4, 0.5) is 0 Å². The summed E-state index contributed by atoms with van der Waals surface area (Å²) in [5, 5.41) is 0. The van der Waals surface area contributed by atoms with Crippen molar-refractivity contribution < 1.29 is 4.79 Å². The Balaban J connectivity index is 1.75. The summed E-state index contributed by atoms with van der Waals surface area (Å²) in [5.41, 5.74) is 5.31. The van der Waals surface area contributed by atoms with E-state index in [0.29, 0.717) is 11.7 Å². The molecule has 4 rings (SSSR count). The standard InChI is InChI=1S/C20H24O/c1-19(2,3)15-6-7-17-14(11-15)8-9-20(18(17)21)12-13-4-5-16(20)10-13/h4,6-7,11,16H,5,8-10,12H2,1-3H3. The van der Waals surface area contributed by atoms with E-state index in [0.717, 1.165) is 31.2 Å². The van der Waals surface area contributed by atoms with E-state index in [2.05, 4.69) is 45.0 Å². The molecule has 0 radical (unpaired) electrons. The maximum Gasteiger partial charge on any atom is 0.169 e. The van der Waals surface area contributed by atoms with Crippen LogP contribution in [-0.4, -0.2) is 5.78 Å². The van der Waals surface area contributed by atoms with E-state index in [9.17, 15) is 4.79 Å². The molecule has 1 aromatic rings. The zero-order chi connectivity index (χ0) is 14.8. The van der Waals surface area contributed by atoms with E-state index < -0.39 is 0 Å². The van der Waals surface area contributed by atoms with Crippen molar-refractivity contribution in [3.8, 4) is 0 Å². The largest absolute Gasteiger partial charge is 0.294 e. The number of ketones is 1. The Morgan fingerprint density at radius 1 is 1.24 bits per heavy atom. The fourth-order valence-electron chi connectivity index (χ4n) is 4.69. The van der Waals surface area contributed by atoms with Gasteiger partial charge in [-0.15, -0.1) is 0 Å². The number of Topliss-reactive ketones (excluding diaryl/α,β-unsaturated/α-hetero) is 1. The average Bonchev–Trinajstić information content (AvgIpc) is 3.03. The molecule has 0 aliphatic heterocycles. The lowest BCUT2D eigenvalue weighted by Gasteiger charge is -2.39. The van der Waals surface area contributed by atoms with E-state index in [4.69, 9.17) is 0 Å². The molecule has 2 unspecified atom stereocenters. The maximum atomic E-state index is 13.2. The molecule has 1 nitrogen and oxygen atoms in total. The molecule has 2 atom stereocenters. The molecule has 1 spiro atoms. The molecule has 0 heterocycles. The molecule has 21 heavy (non-hydrogen) atoms. The second kappa shape index (κ2) is 4.09. The van der Waals surface area contributed by atoms with Crippen LogP contribution in [0.25, 0.3) is 0 Å². The minimum Gasteiger partial charge on any atom is -0.294 e. The first-order valence-electron chi connectivity index (χ1n) is 8.26. The van der Waals surface area contributed by atoms with E-state index in [1.807, 2.05) is 0 Å². The van der Waals surface area contributed by atoms with Crippen molar-refractivity contribution in [2.75, 3.05) is 0 Å². The van der Waals surface area contributed by atoms with Crippen molar-refractivity contribution in [2.45, 2.75) is 58.3 Å². The summed E-state index contributed by atoms with van der Waals surface area (Å²) in [7, 11) is 0. The highest BCUT2D eigenvalue weighted by molar-refractivity contribution is 6.03. The van der Waals surface area contributed by atoms with E-state index in [1.165, 1.54) is 17.5 Å². The number of benzene rings is 1. The molecule has 0 aromatic heterocycles. The molecule has 1 heteroatoms. The summed E-state index contributed by atoms with van der Waals surface area (Å²) in [5.74, 6) is 1.03. The molecule has 1 fully saturated rings. The van der Waals surface area contributed by atoms with Crippen LogP contribution < -0.4 is 0 Å². The molecule has 110 valence electrons. The summed E-state index contributed by atoms with van der Waals surface area (Å²) in [4.78, 5) is 13.2. The molecule has 1 saturated carbocycles. The Bertz CT molecular complexity index is 659. The van der Waals surface area contributed by atoms with Gasteiger partial charge in [-0.05, 0) is 54.6 Å². The molecule has 0 amide bonds. The first-order chi connectivity index (χ1) is 9.90. The topological polar surface area (TPSA) is 17.1 Å². The Morgan fingerprint density at radius 3 is 2.67 bits per heavy atom. The van der Waals surface area contributed by atoms with Gasteiger partial charge in [-0.2, -0.15) is 0 Å². The Morgan fingerprint density at radius 2 is 2.05 bits per heavy atom. The fourth-order valence-corrected chi connectivity index (χ4v) is 4.69.